The van der Waals surface area contributed by atoms with E-state index in [1.54, 1.807) is 37.5 Å². The lowest BCUT2D eigenvalue weighted by atomic mass is 10.2. The molecule has 0 aliphatic rings. The van der Waals surface area contributed by atoms with Gasteiger partial charge >= 0.3 is 5.97 Å². The lowest BCUT2D eigenvalue weighted by molar-refractivity contribution is -0.142. The molecule has 0 fully saturated rings. The van der Waals surface area contributed by atoms with Crippen molar-refractivity contribution in [3.63, 3.8) is 0 Å². The molecule has 1 amide bonds. The first-order valence-electron chi connectivity index (χ1n) is 7.22. The summed E-state index contributed by atoms with van der Waals surface area (Å²) in [5.74, 6) is -1.12. The highest BCUT2D eigenvalue weighted by molar-refractivity contribution is 6.33. The lowest BCUT2D eigenvalue weighted by Crippen LogP contribution is -2.20. The Kier molecular flexibility index (Phi) is 6.54. The van der Waals surface area contributed by atoms with Gasteiger partial charge in [-0.3, -0.25) is 4.79 Å². The number of nitrogens with one attached hydrogen (secondary N) is 1. The number of benzene rings is 2. The third kappa shape index (κ3) is 5.93. The second-order valence-corrected chi connectivity index (χ2v) is 5.30. The van der Waals surface area contributed by atoms with Crippen molar-refractivity contribution in [2.45, 2.75) is 0 Å². The van der Waals surface area contributed by atoms with Crippen molar-refractivity contribution in [3.05, 3.63) is 64.9 Å². The summed E-state index contributed by atoms with van der Waals surface area (Å²) < 4.78 is 22.8. The van der Waals surface area contributed by atoms with E-state index in [2.05, 4.69) is 5.32 Å². The van der Waals surface area contributed by atoms with E-state index < -0.39 is 24.3 Å². The van der Waals surface area contributed by atoms with Crippen molar-refractivity contribution in [3.8, 4) is 5.75 Å². The molecule has 0 bridgehead atoms. The number of carbonyl (C=O) groups is 2. The Labute approximate surface area is 149 Å². The van der Waals surface area contributed by atoms with Crippen LogP contribution in [0.25, 0.3) is 6.08 Å². The molecule has 0 saturated carbocycles. The van der Waals surface area contributed by atoms with Gasteiger partial charge < -0.3 is 14.8 Å². The van der Waals surface area contributed by atoms with Crippen LogP contribution in [-0.4, -0.2) is 25.6 Å². The average molecular weight is 364 g/mol. The van der Waals surface area contributed by atoms with Crippen LogP contribution in [0.15, 0.2) is 48.5 Å². The first-order chi connectivity index (χ1) is 12.0. The van der Waals surface area contributed by atoms with E-state index in [4.69, 9.17) is 21.1 Å². The van der Waals surface area contributed by atoms with Gasteiger partial charge in [-0.1, -0.05) is 23.7 Å². The third-order valence-electron chi connectivity index (χ3n) is 3.06. The summed E-state index contributed by atoms with van der Waals surface area (Å²) in [6.07, 6.45) is 2.74. The molecule has 0 radical (unpaired) electrons. The summed E-state index contributed by atoms with van der Waals surface area (Å²) in [6.45, 7) is -0.491. The van der Waals surface area contributed by atoms with Crippen LogP contribution in [0.5, 0.6) is 5.75 Å². The Balaban J connectivity index is 1.84. The predicted octanol–water partition coefficient (Wildman–Crippen LogP) is 3.68. The molecule has 0 aliphatic heterocycles. The SMILES string of the molecule is COc1cccc(/C=C/C(=O)OCC(=O)Nc2ccc(F)cc2Cl)c1. The molecule has 1 N–H and O–H groups in total. The standard InChI is InChI=1S/C18H15ClFNO4/c1-24-14-4-2-3-12(9-14)5-8-18(23)25-11-17(22)21-16-7-6-13(20)10-15(16)19/h2-10H,11H2,1H3,(H,21,22)/b8-5+. The van der Waals surface area contributed by atoms with Crippen LogP contribution in [0.1, 0.15) is 5.56 Å². The molecule has 2 aromatic carbocycles. The lowest BCUT2D eigenvalue weighted by Gasteiger charge is -2.07. The quantitative estimate of drug-likeness (QED) is 0.628. The number of esters is 1. The van der Waals surface area contributed by atoms with Crippen molar-refractivity contribution >= 4 is 35.2 Å². The summed E-state index contributed by atoms with van der Waals surface area (Å²) >= 11 is 5.79. The molecule has 130 valence electrons. The molecule has 0 unspecified atom stereocenters. The molecule has 0 saturated heterocycles. The van der Waals surface area contributed by atoms with Crippen LogP contribution in [0.4, 0.5) is 10.1 Å². The number of methoxy groups -OCH3 is 1. The van der Waals surface area contributed by atoms with Crippen molar-refractivity contribution in [2.75, 3.05) is 19.0 Å². The van der Waals surface area contributed by atoms with Gasteiger partial charge in [0.15, 0.2) is 6.61 Å². The van der Waals surface area contributed by atoms with E-state index in [1.165, 1.54) is 12.1 Å². The minimum Gasteiger partial charge on any atom is -0.497 e. The fraction of sp³-hybridized carbons (Fsp3) is 0.111. The zero-order valence-electron chi connectivity index (χ0n) is 13.3. The summed E-state index contributed by atoms with van der Waals surface area (Å²) in [7, 11) is 1.54. The van der Waals surface area contributed by atoms with Gasteiger partial charge in [0.1, 0.15) is 11.6 Å². The normalized spacial score (nSPS) is 10.5. The number of halogens is 2. The Hall–Kier alpha value is -2.86. The molecule has 0 aromatic heterocycles. The Morgan fingerprint density at radius 1 is 1.24 bits per heavy atom. The molecular weight excluding hydrogens is 349 g/mol. The second-order valence-electron chi connectivity index (χ2n) is 4.89. The second kappa shape index (κ2) is 8.84. The fourth-order valence-electron chi connectivity index (χ4n) is 1.87. The Morgan fingerprint density at radius 2 is 2.04 bits per heavy atom. The van der Waals surface area contributed by atoms with Crippen molar-refractivity contribution in [1.29, 1.82) is 0 Å². The summed E-state index contributed by atoms with van der Waals surface area (Å²) in [6, 6.07) is 10.6. The molecule has 2 aromatic rings. The Morgan fingerprint density at radius 3 is 2.76 bits per heavy atom. The largest absolute Gasteiger partial charge is 0.497 e. The molecule has 5 nitrogen and oxygen atoms in total. The number of rotatable bonds is 6. The highest BCUT2D eigenvalue weighted by Crippen LogP contribution is 2.22. The molecule has 0 heterocycles. The zero-order valence-corrected chi connectivity index (χ0v) is 14.0. The van der Waals surface area contributed by atoms with Gasteiger partial charge in [0, 0.05) is 6.08 Å². The van der Waals surface area contributed by atoms with Crippen LogP contribution >= 0.6 is 11.6 Å². The van der Waals surface area contributed by atoms with Gasteiger partial charge in [-0.2, -0.15) is 0 Å². The predicted molar refractivity (Wildman–Crippen MR) is 93.0 cm³/mol. The molecule has 0 aliphatic carbocycles. The van der Waals surface area contributed by atoms with Crippen molar-refractivity contribution < 1.29 is 23.5 Å². The molecule has 25 heavy (non-hydrogen) atoms. The fourth-order valence-corrected chi connectivity index (χ4v) is 2.09. The first-order valence-corrected chi connectivity index (χ1v) is 7.59. The van der Waals surface area contributed by atoms with Gasteiger partial charge in [0.25, 0.3) is 5.91 Å². The van der Waals surface area contributed by atoms with Crippen LogP contribution in [0.3, 0.4) is 0 Å². The van der Waals surface area contributed by atoms with E-state index in [9.17, 15) is 14.0 Å². The van der Waals surface area contributed by atoms with E-state index in [1.807, 2.05) is 0 Å². The van der Waals surface area contributed by atoms with Crippen molar-refractivity contribution in [2.24, 2.45) is 0 Å². The monoisotopic (exact) mass is 363 g/mol. The van der Waals surface area contributed by atoms with E-state index in [0.717, 1.165) is 17.7 Å². The number of ether oxygens (including phenoxy) is 2. The van der Waals surface area contributed by atoms with Crippen LogP contribution < -0.4 is 10.1 Å². The number of amides is 1. The summed E-state index contributed by atoms with van der Waals surface area (Å²) in [5.41, 5.74) is 0.981. The first kappa shape index (κ1) is 18.5. The maximum Gasteiger partial charge on any atom is 0.331 e. The smallest absolute Gasteiger partial charge is 0.331 e. The minimum absolute atomic E-state index is 0.0533. The maximum atomic E-state index is 12.9. The van der Waals surface area contributed by atoms with Gasteiger partial charge in [0.05, 0.1) is 17.8 Å². The zero-order chi connectivity index (χ0) is 18.2. The van der Waals surface area contributed by atoms with Gasteiger partial charge in [-0.05, 0) is 42.0 Å². The number of hydrogen-bond acceptors (Lipinski definition) is 4. The molecule has 0 spiro atoms. The van der Waals surface area contributed by atoms with Crippen LogP contribution in [0, 0.1) is 5.82 Å². The minimum atomic E-state index is -0.678. The van der Waals surface area contributed by atoms with E-state index in [0.29, 0.717) is 5.75 Å². The van der Waals surface area contributed by atoms with Gasteiger partial charge in [0.2, 0.25) is 0 Å². The maximum absolute atomic E-state index is 12.9. The van der Waals surface area contributed by atoms with Crippen molar-refractivity contribution in [1.82, 2.24) is 0 Å². The highest BCUT2D eigenvalue weighted by atomic mass is 35.5. The van der Waals surface area contributed by atoms with E-state index >= 15 is 0 Å². The number of carbonyl (C=O) groups excluding carboxylic acids is 2. The topological polar surface area (TPSA) is 64.6 Å². The summed E-state index contributed by atoms with van der Waals surface area (Å²) in [5, 5.41) is 2.48. The van der Waals surface area contributed by atoms with E-state index in [-0.39, 0.29) is 10.7 Å². The third-order valence-corrected chi connectivity index (χ3v) is 3.37. The number of hydrogen-bond donors (Lipinski definition) is 1. The van der Waals surface area contributed by atoms with Crippen LogP contribution in [-0.2, 0) is 14.3 Å². The molecule has 2 rings (SSSR count). The van der Waals surface area contributed by atoms with Crippen LogP contribution in [0.2, 0.25) is 5.02 Å². The number of anilines is 1. The molecule has 7 heteroatoms. The van der Waals surface area contributed by atoms with Gasteiger partial charge in [-0.25, -0.2) is 9.18 Å². The molecular formula is C18H15ClFNO4. The highest BCUT2D eigenvalue weighted by Gasteiger charge is 2.08. The van der Waals surface area contributed by atoms with Gasteiger partial charge in [-0.15, -0.1) is 0 Å². The molecule has 0 atom stereocenters. The summed E-state index contributed by atoms with van der Waals surface area (Å²) in [4.78, 5) is 23.4. The Bertz CT molecular complexity index is 807. The average Bonchev–Trinajstić information content (AvgIpc) is 2.60.